The van der Waals surface area contributed by atoms with Crippen LogP contribution >= 0.6 is 0 Å². The van der Waals surface area contributed by atoms with Gasteiger partial charge >= 0.3 is 5.97 Å². The highest BCUT2D eigenvalue weighted by Crippen LogP contribution is 2.15. The number of rotatable bonds is 3. The second kappa shape index (κ2) is 7.79. The molecular formula is C18H18N2O3. The standard InChI is InChI=1S/C9H9NO3.C9H9N/c11-8(12)6-10-9(13)7-4-2-1-3-5-7;1-7-6-10-9-5-3-2-4-8(7)9/h1-5H,6H2,(H,10,13)(H,11,12);2-6,10H,1H3. The van der Waals surface area contributed by atoms with Crippen LogP contribution in [-0.2, 0) is 4.79 Å². The lowest BCUT2D eigenvalue weighted by Gasteiger charge is -2.00. The molecule has 3 N–H and O–H groups in total. The molecule has 1 amide bonds. The van der Waals surface area contributed by atoms with Gasteiger partial charge in [-0.15, -0.1) is 0 Å². The van der Waals surface area contributed by atoms with Gasteiger partial charge in [0.25, 0.3) is 5.91 Å². The minimum atomic E-state index is -1.05. The molecule has 23 heavy (non-hydrogen) atoms. The molecule has 1 aromatic heterocycles. The Morgan fingerprint density at radius 2 is 1.70 bits per heavy atom. The van der Waals surface area contributed by atoms with Crippen molar-refractivity contribution >= 4 is 22.8 Å². The van der Waals surface area contributed by atoms with Crippen molar-refractivity contribution in [1.29, 1.82) is 0 Å². The van der Waals surface area contributed by atoms with E-state index in [1.54, 1.807) is 30.3 Å². The number of aromatic nitrogens is 1. The van der Waals surface area contributed by atoms with Gasteiger partial charge in [-0.05, 0) is 30.7 Å². The van der Waals surface area contributed by atoms with Gasteiger partial charge in [0.15, 0.2) is 0 Å². The molecule has 0 aliphatic carbocycles. The summed E-state index contributed by atoms with van der Waals surface area (Å²) >= 11 is 0. The van der Waals surface area contributed by atoms with E-state index >= 15 is 0 Å². The molecule has 0 fully saturated rings. The molecule has 3 rings (SSSR count). The molecule has 0 aliphatic heterocycles. The largest absolute Gasteiger partial charge is 0.480 e. The van der Waals surface area contributed by atoms with Crippen molar-refractivity contribution in [3.8, 4) is 0 Å². The number of carbonyl (C=O) groups excluding carboxylic acids is 1. The molecule has 0 saturated heterocycles. The zero-order valence-electron chi connectivity index (χ0n) is 12.7. The predicted octanol–water partition coefficient (Wildman–Crippen LogP) is 2.98. The highest BCUT2D eigenvalue weighted by Gasteiger charge is 2.04. The number of aromatic amines is 1. The minimum absolute atomic E-state index is 0.353. The Morgan fingerprint density at radius 1 is 1.04 bits per heavy atom. The van der Waals surface area contributed by atoms with Gasteiger partial charge in [0, 0.05) is 22.7 Å². The number of hydrogen-bond acceptors (Lipinski definition) is 2. The molecule has 5 heteroatoms. The van der Waals surface area contributed by atoms with E-state index in [0.717, 1.165) is 0 Å². The lowest BCUT2D eigenvalue weighted by Crippen LogP contribution is -2.29. The fraction of sp³-hybridized carbons (Fsp3) is 0.111. The zero-order chi connectivity index (χ0) is 16.7. The van der Waals surface area contributed by atoms with Crippen LogP contribution in [-0.4, -0.2) is 28.5 Å². The van der Waals surface area contributed by atoms with Crippen molar-refractivity contribution in [2.75, 3.05) is 6.54 Å². The summed E-state index contributed by atoms with van der Waals surface area (Å²) in [5.74, 6) is -1.42. The summed E-state index contributed by atoms with van der Waals surface area (Å²) in [5.41, 5.74) is 3.00. The summed E-state index contributed by atoms with van der Waals surface area (Å²) in [6, 6.07) is 16.8. The molecule has 0 unspecified atom stereocenters. The average molecular weight is 310 g/mol. The third-order valence-electron chi connectivity index (χ3n) is 3.23. The topological polar surface area (TPSA) is 82.2 Å². The van der Waals surface area contributed by atoms with Crippen molar-refractivity contribution in [3.05, 3.63) is 71.9 Å². The molecule has 3 aromatic rings. The minimum Gasteiger partial charge on any atom is -0.480 e. The fourth-order valence-corrected chi connectivity index (χ4v) is 2.06. The number of aliphatic carboxylic acids is 1. The highest BCUT2D eigenvalue weighted by atomic mass is 16.4. The second-order valence-corrected chi connectivity index (χ2v) is 4.96. The Morgan fingerprint density at radius 3 is 2.35 bits per heavy atom. The van der Waals surface area contributed by atoms with Crippen LogP contribution in [0.5, 0.6) is 0 Å². The summed E-state index contributed by atoms with van der Waals surface area (Å²) < 4.78 is 0. The van der Waals surface area contributed by atoms with Crippen LogP contribution in [0.3, 0.4) is 0 Å². The molecule has 0 spiro atoms. The summed E-state index contributed by atoms with van der Waals surface area (Å²) in [5, 5.41) is 11.9. The highest BCUT2D eigenvalue weighted by molar-refractivity contribution is 5.95. The van der Waals surface area contributed by atoms with E-state index in [9.17, 15) is 9.59 Å². The van der Waals surface area contributed by atoms with Gasteiger partial charge in [-0.3, -0.25) is 9.59 Å². The van der Waals surface area contributed by atoms with Gasteiger partial charge in [0.2, 0.25) is 0 Å². The summed E-state index contributed by atoms with van der Waals surface area (Å²) in [7, 11) is 0. The van der Waals surface area contributed by atoms with Crippen LogP contribution in [0.25, 0.3) is 10.9 Å². The number of hydrogen-bond donors (Lipinski definition) is 3. The summed E-state index contributed by atoms with van der Waals surface area (Å²) in [4.78, 5) is 24.5. The van der Waals surface area contributed by atoms with Crippen molar-refractivity contribution in [3.63, 3.8) is 0 Å². The van der Waals surface area contributed by atoms with E-state index in [2.05, 4.69) is 35.4 Å². The fourth-order valence-electron chi connectivity index (χ4n) is 2.06. The SMILES string of the molecule is Cc1c[nH]c2ccccc12.O=C(O)CNC(=O)c1ccccc1. The number of fused-ring (bicyclic) bond motifs is 1. The maximum absolute atomic E-state index is 11.2. The van der Waals surface area contributed by atoms with Crippen LogP contribution < -0.4 is 5.32 Å². The molecular weight excluding hydrogens is 292 g/mol. The Kier molecular flexibility index (Phi) is 5.52. The Bertz CT molecular complexity index is 794. The number of nitrogens with one attached hydrogen (secondary N) is 2. The average Bonchev–Trinajstić information content (AvgIpc) is 2.96. The molecule has 0 aliphatic rings. The third kappa shape index (κ3) is 4.71. The lowest BCUT2D eigenvalue weighted by molar-refractivity contribution is -0.135. The number of amides is 1. The van der Waals surface area contributed by atoms with Gasteiger partial charge in [-0.25, -0.2) is 0 Å². The van der Waals surface area contributed by atoms with E-state index in [-0.39, 0.29) is 12.5 Å². The monoisotopic (exact) mass is 310 g/mol. The first kappa shape index (κ1) is 16.3. The third-order valence-corrected chi connectivity index (χ3v) is 3.23. The van der Waals surface area contributed by atoms with E-state index in [0.29, 0.717) is 5.56 Å². The Hall–Kier alpha value is -3.08. The quantitative estimate of drug-likeness (QED) is 0.695. The molecule has 1 heterocycles. The maximum Gasteiger partial charge on any atom is 0.322 e. The van der Waals surface area contributed by atoms with Gasteiger partial charge in [-0.1, -0.05) is 36.4 Å². The van der Waals surface area contributed by atoms with Crippen LogP contribution in [0, 0.1) is 6.92 Å². The van der Waals surface area contributed by atoms with Crippen molar-refractivity contribution in [2.24, 2.45) is 0 Å². The van der Waals surface area contributed by atoms with Crippen molar-refractivity contribution in [2.45, 2.75) is 6.92 Å². The first-order valence-corrected chi connectivity index (χ1v) is 7.15. The van der Waals surface area contributed by atoms with Gasteiger partial charge < -0.3 is 15.4 Å². The van der Waals surface area contributed by atoms with Gasteiger partial charge in [0.1, 0.15) is 6.54 Å². The number of carboxylic acids is 1. The Labute approximate surface area is 134 Å². The number of aryl methyl sites for hydroxylation is 1. The first-order chi connectivity index (χ1) is 11.1. The molecule has 0 atom stereocenters. The van der Waals surface area contributed by atoms with Crippen LogP contribution in [0.2, 0.25) is 0 Å². The number of H-pyrrole nitrogens is 1. The second-order valence-electron chi connectivity index (χ2n) is 4.96. The number of para-hydroxylation sites is 1. The normalized spacial score (nSPS) is 9.78. The molecule has 5 nitrogen and oxygen atoms in total. The van der Waals surface area contributed by atoms with Crippen LogP contribution in [0.1, 0.15) is 15.9 Å². The van der Waals surface area contributed by atoms with Gasteiger partial charge in [0.05, 0.1) is 0 Å². The van der Waals surface area contributed by atoms with Gasteiger partial charge in [-0.2, -0.15) is 0 Å². The van der Waals surface area contributed by atoms with E-state index in [1.807, 2.05) is 12.3 Å². The molecule has 118 valence electrons. The molecule has 0 bridgehead atoms. The zero-order valence-corrected chi connectivity index (χ0v) is 12.7. The smallest absolute Gasteiger partial charge is 0.322 e. The Balaban J connectivity index is 0.000000172. The number of carboxylic acid groups (broad SMARTS) is 1. The first-order valence-electron chi connectivity index (χ1n) is 7.15. The van der Waals surface area contributed by atoms with Crippen LogP contribution in [0.15, 0.2) is 60.8 Å². The van der Waals surface area contributed by atoms with E-state index in [4.69, 9.17) is 5.11 Å². The van der Waals surface area contributed by atoms with Crippen molar-refractivity contribution in [1.82, 2.24) is 10.3 Å². The number of benzene rings is 2. The molecule has 0 saturated carbocycles. The van der Waals surface area contributed by atoms with E-state index < -0.39 is 5.97 Å². The maximum atomic E-state index is 11.2. The van der Waals surface area contributed by atoms with Crippen LogP contribution in [0.4, 0.5) is 0 Å². The van der Waals surface area contributed by atoms with E-state index in [1.165, 1.54) is 16.5 Å². The number of carbonyl (C=O) groups is 2. The van der Waals surface area contributed by atoms with Crippen molar-refractivity contribution < 1.29 is 14.7 Å². The predicted molar refractivity (Wildman–Crippen MR) is 89.4 cm³/mol. The molecule has 0 radical (unpaired) electrons. The lowest BCUT2D eigenvalue weighted by atomic mass is 10.2. The summed E-state index contributed by atoms with van der Waals surface area (Å²) in [6.07, 6.45) is 2.03. The summed E-state index contributed by atoms with van der Waals surface area (Å²) in [6.45, 7) is 1.76. The molecule has 2 aromatic carbocycles.